The van der Waals surface area contributed by atoms with Gasteiger partial charge in [-0.2, -0.15) is 0 Å². The fraction of sp³-hybridized carbons (Fsp3) is 0.571. The Balaban J connectivity index is 2.42. The Kier molecular flexibility index (Phi) is 5.04. The average Bonchev–Trinajstić information content (AvgIpc) is 2.39. The first-order valence-corrected chi connectivity index (χ1v) is 8.95. The van der Waals surface area contributed by atoms with Crippen LogP contribution < -0.4 is 5.32 Å². The number of benzene rings is 1. The van der Waals surface area contributed by atoms with Gasteiger partial charge in [-0.1, -0.05) is 24.9 Å². The third-order valence-electron chi connectivity index (χ3n) is 3.72. The van der Waals surface area contributed by atoms with Crippen LogP contribution in [0, 0.1) is 5.82 Å². The quantitative estimate of drug-likeness (QED) is 0.927. The predicted octanol–water partition coefficient (Wildman–Crippen LogP) is 3.10. The van der Waals surface area contributed by atoms with E-state index in [0.29, 0.717) is 30.0 Å². The minimum atomic E-state index is -3.17. The molecule has 20 heavy (non-hydrogen) atoms. The Bertz CT molecular complexity index is 577. The molecule has 6 heteroatoms. The van der Waals surface area contributed by atoms with Gasteiger partial charge in [0, 0.05) is 5.02 Å². The lowest BCUT2D eigenvalue weighted by Crippen LogP contribution is -2.40. The summed E-state index contributed by atoms with van der Waals surface area (Å²) in [5, 5.41) is 3.03. The molecule has 1 fully saturated rings. The van der Waals surface area contributed by atoms with Crippen LogP contribution in [0.25, 0.3) is 0 Å². The molecule has 0 spiro atoms. The molecule has 0 amide bonds. The predicted molar refractivity (Wildman–Crippen MR) is 79.3 cm³/mol. The van der Waals surface area contributed by atoms with Gasteiger partial charge in [0.15, 0.2) is 9.84 Å². The van der Waals surface area contributed by atoms with Crippen molar-refractivity contribution in [2.24, 2.45) is 0 Å². The molecule has 1 heterocycles. The highest BCUT2D eigenvalue weighted by Gasteiger charge is 2.36. The molecular weight excluding hydrogens is 301 g/mol. The molecule has 0 aromatic heterocycles. The Morgan fingerprint density at radius 2 is 2.20 bits per heavy atom. The Morgan fingerprint density at radius 1 is 1.45 bits per heavy atom. The molecule has 0 aliphatic carbocycles. The molecule has 112 valence electrons. The lowest BCUT2D eigenvalue weighted by atomic mass is 9.99. The smallest absolute Gasteiger partial charge is 0.155 e. The number of nitrogens with one attached hydrogen (secondary N) is 1. The third-order valence-corrected chi connectivity index (χ3v) is 6.35. The van der Waals surface area contributed by atoms with E-state index in [1.807, 2.05) is 6.92 Å². The molecule has 1 N–H and O–H groups in total. The van der Waals surface area contributed by atoms with Crippen LogP contribution in [0.15, 0.2) is 18.2 Å². The van der Waals surface area contributed by atoms with Crippen LogP contribution in [0.4, 0.5) is 4.39 Å². The van der Waals surface area contributed by atoms with E-state index in [2.05, 4.69) is 5.32 Å². The third kappa shape index (κ3) is 3.32. The minimum Gasteiger partial charge on any atom is -0.309 e. The Hall–Kier alpha value is -0.650. The molecule has 0 radical (unpaired) electrons. The Labute approximate surface area is 124 Å². The molecule has 1 aliphatic heterocycles. The summed E-state index contributed by atoms with van der Waals surface area (Å²) in [6, 6.07) is 3.64. The SMILES string of the molecule is CCNC(c1cc(F)ccc1Cl)C1CCCCS1(=O)=O. The fourth-order valence-corrected chi connectivity index (χ4v) is 5.10. The zero-order valence-electron chi connectivity index (χ0n) is 11.4. The molecule has 3 nitrogen and oxygen atoms in total. The van der Waals surface area contributed by atoms with Gasteiger partial charge >= 0.3 is 0 Å². The van der Waals surface area contributed by atoms with E-state index in [1.54, 1.807) is 0 Å². The van der Waals surface area contributed by atoms with Crippen molar-refractivity contribution in [3.63, 3.8) is 0 Å². The highest BCUT2D eigenvalue weighted by atomic mass is 35.5. The molecule has 1 aromatic carbocycles. The van der Waals surface area contributed by atoms with Gasteiger partial charge in [0.1, 0.15) is 5.82 Å². The lowest BCUT2D eigenvalue weighted by molar-refractivity contribution is 0.452. The molecule has 1 aromatic rings. The van der Waals surface area contributed by atoms with Crippen LogP contribution in [0.5, 0.6) is 0 Å². The summed E-state index contributed by atoms with van der Waals surface area (Å²) in [5.74, 6) is -0.201. The summed E-state index contributed by atoms with van der Waals surface area (Å²) in [6.45, 7) is 2.50. The van der Waals surface area contributed by atoms with E-state index < -0.39 is 26.9 Å². The van der Waals surface area contributed by atoms with E-state index in [4.69, 9.17) is 11.6 Å². The van der Waals surface area contributed by atoms with Crippen LogP contribution in [-0.4, -0.2) is 26.0 Å². The number of sulfone groups is 1. The second-order valence-corrected chi connectivity index (χ2v) is 7.85. The Morgan fingerprint density at radius 3 is 2.85 bits per heavy atom. The van der Waals surface area contributed by atoms with Gasteiger partial charge in [-0.25, -0.2) is 12.8 Å². The summed E-state index contributed by atoms with van der Waals surface area (Å²) in [4.78, 5) is 0. The van der Waals surface area contributed by atoms with Crippen molar-refractivity contribution in [3.05, 3.63) is 34.6 Å². The van der Waals surface area contributed by atoms with Crippen LogP contribution in [0.1, 0.15) is 37.8 Å². The van der Waals surface area contributed by atoms with Crippen molar-refractivity contribution in [1.82, 2.24) is 5.32 Å². The highest BCUT2D eigenvalue weighted by Crippen LogP contribution is 2.34. The molecule has 1 aliphatic rings. The van der Waals surface area contributed by atoms with Gasteiger partial charge in [-0.3, -0.25) is 0 Å². The van der Waals surface area contributed by atoms with E-state index in [9.17, 15) is 12.8 Å². The summed E-state index contributed by atoms with van der Waals surface area (Å²) in [6.07, 6.45) is 2.17. The van der Waals surface area contributed by atoms with Gasteiger partial charge < -0.3 is 5.32 Å². The monoisotopic (exact) mass is 319 g/mol. The normalized spacial score (nSPS) is 23.4. The summed E-state index contributed by atoms with van der Waals surface area (Å²) >= 11 is 6.14. The van der Waals surface area contributed by atoms with E-state index in [0.717, 1.165) is 6.42 Å². The van der Waals surface area contributed by atoms with Crippen LogP contribution in [0.2, 0.25) is 5.02 Å². The summed E-state index contributed by atoms with van der Waals surface area (Å²) < 4.78 is 38.1. The van der Waals surface area contributed by atoms with Gasteiger partial charge in [0.25, 0.3) is 0 Å². The van der Waals surface area contributed by atoms with Crippen molar-refractivity contribution in [2.45, 2.75) is 37.5 Å². The molecule has 0 saturated carbocycles. The van der Waals surface area contributed by atoms with Crippen molar-refractivity contribution in [3.8, 4) is 0 Å². The fourth-order valence-electron chi connectivity index (χ4n) is 2.77. The number of rotatable bonds is 4. The first-order chi connectivity index (χ1) is 9.45. The molecule has 2 atom stereocenters. The lowest BCUT2D eigenvalue weighted by Gasteiger charge is -2.31. The van der Waals surface area contributed by atoms with E-state index in [1.165, 1.54) is 18.2 Å². The van der Waals surface area contributed by atoms with Crippen molar-refractivity contribution in [1.29, 1.82) is 0 Å². The molecule has 0 bridgehead atoms. The molecular formula is C14H19ClFNO2S. The first kappa shape index (κ1) is 15.7. The second kappa shape index (κ2) is 6.41. The van der Waals surface area contributed by atoms with Crippen molar-refractivity contribution >= 4 is 21.4 Å². The molecule has 2 rings (SSSR count). The van der Waals surface area contributed by atoms with Gasteiger partial charge in [-0.05, 0) is 43.1 Å². The number of halogens is 2. The maximum absolute atomic E-state index is 13.5. The molecule has 2 unspecified atom stereocenters. The van der Waals surface area contributed by atoms with Crippen LogP contribution >= 0.6 is 11.6 Å². The average molecular weight is 320 g/mol. The van der Waals surface area contributed by atoms with E-state index in [-0.39, 0.29) is 5.75 Å². The summed E-state index contributed by atoms with van der Waals surface area (Å²) in [5.41, 5.74) is 0.531. The highest BCUT2D eigenvalue weighted by molar-refractivity contribution is 7.92. The standard InChI is InChI=1S/C14H19ClFNO2S/c1-2-17-14(11-9-10(16)6-7-12(11)15)13-5-3-4-8-20(13,18)19/h6-7,9,13-14,17H,2-5,8H2,1H3. The zero-order chi connectivity index (χ0) is 14.8. The van der Waals surface area contributed by atoms with Crippen LogP contribution in [-0.2, 0) is 9.84 Å². The summed E-state index contributed by atoms with van der Waals surface area (Å²) in [7, 11) is -3.17. The molecule has 1 saturated heterocycles. The van der Waals surface area contributed by atoms with Crippen molar-refractivity contribution in [2.75, 3.05) is 12.3 Å². The van der Waals surface area contributed by atoms with Gasteiger partial charge in [0.2, 0.25) is 0 Å². The zero-order valence-corrected chi connectivity index (χ0v) is 13.0. The van der Waals surface area contributed by atoms with E-state index >= 15 is 0 Å². The number of hydrogen-bond acceptors (Lipinski definition) is 3. The number of hydrogen-bond donors (Lipinski definition) is 1. The maximum Gasteiger partial charge on any atom is 0.155 e. The van der Waals surface area contributed by atoms with Gasteiger partial charge in [-0.15, -0.1) is 0 Å². The topological polar surface area (TPSA) is 46.2 Å². The van der Waals surface area contributed by atoms with Crippen LogP contribution in [0.3, 0.4) is 0 Å². The van der Waals surface area contributed by atoms with Crippen molar-refractivity contribution < 1.29 is 12.8 Å². The van der Waals surface area contributed by atoms with Gasteiger partial charge in [0.05, 0.1) is 17.0 Å². The maximum atomic E-state index is 13.5. The largest absolute Gasteiger partial charge is 0.309 e. The minimum absolute atomic E-state index is 0.201. The second-order valence-electron chi connectivity index (χ2n) is 5.10. The first-order valence-electron chi connectivity index (χ1n) is 6.85.